The largest absolute Gasteiger partial charge is 0.493 e. The molecule has 1 aliphatic heterocycles. The van der Waals surface area contributed by atoms with E-state index in [9.17, 15) is 9.59 Å². The van der Waals surface area contributed by atoms with Crippen molar-refractivity contribution in [3.63, 3.8) is 0 Å². The number of benzene rings is 2. The molecular weight excluding hydrogens is 428 g/mol. The molecule has 1 aliphatic rings. The third kappa shape index (κ3) is 4.56. The van der Waals surface area contributed by atoms with Gasteiger partial charge in [-0.1, -0.05) is 22.0 Å². The summed E-state index contributed by atoms with van der Waals surface area (Å²) in [5.41, 5.74) is 1.60. The van der Waals surface area contributed by atoms with E-state index in [0.29, 0.717) is 35.9 Å². The molecule has 2 aromatic rings. The fourth-order valence-corrected chi connectivity index (χ4v) is 3.27. The predicted octanol–water partition coefficient (Wildman–Crippen LogP) is 2.55. The molecule has 0 aromatic heterocycles. The summed E-state index contributed by atoms with van der Waals surface area (Å²) < 4.78 is 16.8. The molecule has 3 rings (SSSR count). The Morgan fingerprint density at radius 1 is 1.18 bits per heavy atom. The number of rotatable bonds is 7. The maximum atomic E-state index is 12.3. The van der Waals surface area contributed by atoms with Gasteiger partial charge in [0.25, 0.3) is 5.91 Å². The highest BCUT2D eigenvalue weighted by molar-refractivity contribution is 9.10. The van der Waals surface area contributed by atoms with Crippen LogP contribution in [0.4, 0.5) is 5.69 Å². The van der Waals surface area contributed by atoms with Gasteiger partial charge in [0.15, 0.2) is 18.1 Å². The zero-order chi connectivity index (χ0) is 20.1. The van der Waals surface area contributed by atoms with Gasteiger partial charge in [-0.25, -0.2) is 0 Å². The number of hydrogen-bond acceptors (Lipinski definition) is 5. The number of amides is 2. The lowest BCUT2D eigenvalue weighted by Crippen LogP contribution is -2.45. The molecule has 2 aromatic carbocycles. The molecule has 0 saturated carbocycles. The van der Waals surface area contributed by atoms with E-state index in [-0.39, 0.29) is 25.0 Å². The summed E-state index contributed by atoms with van der Waals surface area (Å²) in [6.45, 7) is 0.311. The van der Waals surface area contributed by atoms with Gasteiger partial charge in [0.1, 0.15) is 12.3 Å². The molecule has 0 unspecified atom stereocenters. The van der Waals surface area contributed by atoms with Crippen LogP contribution < -0.4 is 24.4 Å². The number of halogens is 1. The molecule has 8 heteroatoms. The monoisotopic (exact) mass is 448 g/mol. The van der Waals surface area contributed by atoms with Crippen LogP contribution >= 0.6 is 15.9 Å². The van der Waals surface area contributed by atoms with Crippen LogP contribution in [0, 0.1) is 0 Å². The molecule has 1 heterocycles. The molecule has 2 amide bonds. The van der Waals surface area contributed by atoms with Gasteiger partial charge in [-0.15, -0.1) is 0 Å². The molecular formula is C20H21BrN2O5. The number of nitrogens with one attached hydrogen (secondary N) is 1. The van der Waals surface area contributed by atoms with Crippen molar-refractivity contribution in [2.45, 2.75) is 6.42 Å². The zero-order valence-electron chi connectivity index (χ0n) is 15.7. The number of carbonyl (C=O) groups is 2. The number of hydrogen-bond donors (Lipinski definition) is 1. The van der Waals surface area contributed by atoms with Crippen molar-refractivity contribution in [1.29, 1.82) is 0 Å². The first-order valence-electron chi connectivity index (χ1n) is 8.72. The van der Waals surface area contributed by atoms with Crippen molar-refractivity contribution in [3.05, 3.63) is 46.4 Å². The normalized spacial score (nSPS) is 12.8. The summed E-state index contributed by atoms with van der Waals surface area (Å²) in [6, 6.07) is 11.0. The summed E-state index contributed by atoms with van der Waals surface area (Å²) in [5.74, 6) is 1.40. The third-order valence-corrected chi connectivity index (χ3v) is 4.84. The van der Waals surface area contributed by atoms with E-state index in [1.807, 2.05) is 24.3 Å². The molecule has 0 aliphatic carbocycles. The maximum Gasteiger partial charge on any atom is 0.265 e. The Labute approximate surface area is 171 Å². The van der Waals surface area contributed by atoms with E-state index < -0.39 is 0 Å². The van der Waals surface area contributed by atoms with Gasteiger partial charge in [0.05, 0.1) is 19.9 Å². The van der Waals surface area contributed by atoms with E-state index >= 15 is 0 Å². The Hall–Kier alpha value is -2.74. The highest BCUT2D eigenvalue weighted by Gasteiger charge is 2.27. The first-order valence-corrected chi connectivity index (χ1v) is 9.51. The Kier molecular flexibility index (Phi) is 6.41. The van der Waals surface area contributed by atoms with Gasteiger partial charge in [-0.05, 0) is 42.3 Å². The SMILES string of the molecule is COc1ccc(CCNC(=O)CN2C(=O)COc3cc(Br)ccc32)cc1OC. The highest BCUT2D eigenvalue weighted by atomic mass is 79.9. The molecule has 0 atom stereocenters. The van der Waals surface area contributed by atoms with Crippen molar-refractivity contribution in [1.82, 2.24) is 5.32 Å². The topological polar surface area (TPSA) is 77.1 Å². The lowest BCUT2D eigenvalue weighted by Gasteiger charge is -2.29. The molecule has 7 nitrogen and oxygen atoms in total. The summed E-state index contributed by atoms with van der Waals surface area (Å²) in [6.07, 6.45) is 0.632. The van der Waals surface area contributed by atoms with Gasteiger partial charge >= 0.3 is 0 Å². The maximum absolute atomic E-state index is 12.3. The average molecular weight is 449 g/mol. The predicted molar refractivity (Wildman–Crippen MR) is 108 cm³/mol. The second kappa shape index (κ2) is 8.97. The summed E-state index contributed by atoms with van der Waals surface area (Å²) in [5, 5.41) is 2.85. The average Bonchev–Trinajstić information content (AvgIpc) is 2.70. The molecule has 0 saturated heterocycles. The Bertz CT molecular complexity index is 887. The second-order valence-corrected chi connectivity index (χ2v) is 7.09. The second-order valence-electron chi connectivity index (χ2n) is 6.17. The zero-order valence-corrected chi connectivity index (χ0v) is 17.2. The summed E-state index contributed by atoms with van der Waals surface area (Å²) in [7, 11) is 3.17. The minimum atomic E-state index is -0.245. The minimum Gasteiger partial charge on any atom is -0.493 e. The fourth-order valence-electron chi connectivity index (χ4n) is 2.93. The van der Waals surface area contributed by atoms with Gasteiger partial charge in [0.2, 0.25) is 5.91 Å². The van der Waals surface area contributed by atoms with E-state index in [4.69, 9.17) is 14.2 Å². The molecule has 148 valence electrons. The van der Waals surface area contributed by atoms with Gasteiger partial charge in [0, 0.05) is 11.0 Å². The van der Waals surface area contributed by atoms with Gasteiger partial charge in [-0.3, -0.25) is 14.5 Å². The van der Waals surface area contributed by atoms with Crippen LogP contribution in [0.5, 0.6) is 17.2 Å². The van der Waals surface area contributed by atoms with Crippen molar-refractivity contribution in [3.8, 4) is 17.2 Å². The van der Waals surface area contributed by atoms with Crippen LogP contribution in [0.3, 0.4) is 0 Å². The van der Waals surface area contributed by atoms with Gasteiger partial charge < -0.3 is 19.5 Å². The first kappa shape index (κ1) is 20.0. The fraction of sp³-hybridized carbons (Fsp3) is 0.300. The lowest BCUT2D eigenvalue weighted by molar-refractivity contribution is -0.125. The molecule has 0 radical (unpaired) electrons. The van der Waals surface area contributed by atoms with E-state index in [2.05, 4.69) is 21.2 Å². The third-order valence-electron chi connectivity index (χ3n) is 4.35. The van der Waals surface area contributed by atoms with Crippen LogP contribution in [-0.4, -0.2) is 45.7 Å². The smallest absolute Gasteiger partial charge is 0.265 e. The quantitative estimate of drug-likeness (QED) is 0.703. The van der Waals surface area contributed by atoms with Crippen molar-refractivity contribution in [2.75, 3.05) is 38.8 Å². The van der Waals surface area contributed by atoms with Crippen LogP contribution in [-0.2, 0) is 16.0 Å². The molecule has 0 spiro atoms. The summed E-state index contributed by atoms with van der Waals surface area (Å²) in [4.78, 5) is 26.0. The van der Waals surface area contributed by atoms with E-state index in [0.717, 1.165) is 10.0 Å². The first-order chi connectivity index (χ1) is 13.5. The summed E-state index contributed by atoms with van der Waals surface area (Å²) >= 11 is 3.37. The Morgan fingerprint density at radius 2 is 1.96 bits per heavy atom. The molecule has 1 N–H and O–H groups in total. The Balaban J connectivity index is 1.57. The van der Waals surface area contributed by atoms with Crippen LogP contribution in [0.1, 0.15) is 5.56 Å². The number of ether oxygens (including phenoxy) is 3. The number of anilines is 1. The Morgan fingerprint density at radius 3 is 2.71 bits per heavy atom. The van der Waals surface area contributed by atoms with Crippen molar-refractivity contribution < 1.29 is 23.8 Å². The van der Waals surface area contributed by atoms with Crippen LogP contribution in [0.2, 0.25) is 0 Å². The standard InChI is InChI=1S/C20H21BrN2O5/c1-26-16-6-3-13(9-18(16)27-2)7-8-22-19(24)11-23-15-5-4-14(21)10-17(15)28-12-20(23)25/h3-6,9-10H,7-8,11-12H2,1-2H3,(H,22,24). The van der Waals surface area contributed by atoms with Crippen LogP contribution in [0.25, 0.3) is 0 Å². The molecule has 28 heavy (non-hydrogen) atoms. The number of fused-ring (bicyclic) bond motifs is 1. The van der Waals surface area contributed by atoms with Crippen molar-refractivity contribution in [2.24, 2.45) is 0 Å². The van der Waals surface area contributed by atoms with E-state index in [1.165, 1.54) is 4.90 Å². The van der Waals surface area contributed by atoms with Crippen LogP contribution in [0.15, 0.2) is 40.9 Å². The van der Waals surface area contributed by atoms with Crippen molar-refractivity contribution >= 4 is 33.4 Å². The number of carbonyl (C=O) groups excluding carboxylic acids is 2. The molecule has 0 bridgehead atoms. The number of methoxy groups -OCH3 is 2. The number of nitrogens with zero attached hydrogens (tertiary/aromatic N) is 1. The molecule has 0 fully saturated rings. The van der Waals surface area contributed by atoms with E-state index in [1.54, 1.807) is 26.4 Å². The minimum absolute atomic E-state index is 0.0528. The van der Waals surface area contributed by atoms with Gasteiger partial charge in [-0.2, -0.15) is 0 Å². The highest BCUT2D eigenvalue weighted by Crippen LogP contribution is 2.34. The lowest BCUT2D eigenvalue weighted by atomic mass is 10.1.